The SMILES string of the molecule is CN1CCN(c2ccc(Nc3ccc(C(=O)NCC4CCCO4)nn3)cc2)CC1. The van der Waals surface area contributed by atoms with Crippen LogP contribution in [-0.4, -0.2) is 73.5 Å². The van der Waals surface area contributed by atoms with Crippen LogP contribution in [0, 0.1) is 0 Å². The van der Waals surface area contributed by atoms with Gasteiger partial charge in [0, 0.05) is 50.7 Å². The molecule has 2 aliphatic rings. The van der Waals surface area contributed by atoms with E-state index in [9.17, 15) is 4.79 Å². The Kier molecular flexibility index (Phi) is 6.21. The quantitative estimate of drug-likeness (QED) is 0.771. The lowest BCUT2D eigenvalue weighted by molar-refractivity contribution is 0.0853. The van der Waals surface area contributed by atoms with Crippen molar-refractivity contribution < 1.29 is 9.53 Å². The minimum Gasteiger partial charge on any atom is -0.376 e. The third kappa shape index (κ3) is 5.21. The molecule has 1 aromatic heterocycles. The molecule has 1 unspecified atom stereocenters. The van der Waals surface area contributed by atoms with Crippen molar-refractivity contribution in [2.24, 2.45) is 0 Å². The van der Waals surface area contributed by atoms with E-state index in [0.717, 1.165) is 51.3 Å². The van der Waals surface area contributed by atoms with E-state index in [4.69, 9.17) is 4.74 Å². The Balaban J connectivity index is 1.29. The first-order valence-electron chi connectivity index (χ1n) is 10.2. The second-order valence-electron chi connectivity index (χ2n) is 7.61. The number of carbonyl (C=O) groups excluding carboxylic acids is 1. The van der Waals surface area contributed by atoms with Crippen LogP contribution in [0.3, 0.4) is 0 Å². The highest BCUT2D eigenvalue weighted by Crippen LogP contribution is 2.21. The number of anilines is 3. The van der Waals surface area contributed by atoms with Gasteiger partial charge >= 0.3 is 0 Å². The number of amides is 1. The Bertz CT molecular complexity index is 797. The molecule has 0 spiro atoms. The number of aromatic nitrogens is 2. The summed E-state index contributed by atoms with van der Waals surface area (Å²) in [6.07, 6.45) is 2.15. The summed E-state index contributed by atoms with van der Waals surface area (Å²) in [5, 5.41) is 14.3. The smallest absolute Gasteiger partial charge is 0.271 e. The first kappa shape index (κ1) is 19.6. The Morgan fingerprint density at radius 1 is 1.10 bits per heavy atom. The van der Waals surface area contributed by atoms with Crippen LogP contribution in [0.2, 0.25) is 0 Å². The minimum atomic E-state index is -0.226. The highest BCUT2D eigenvalue weighted by atomic mass is 16.5. The molecule has 1 amide bonds. The van der Waals surface area contributed by atoms with Crippen LogP contribution in [0.1, 0.15) is 23.3 Å². The van der Waals surface area contributed by atoms with Crippen molar-refractivity contribution in [2.45, 2.75) is 18.9 Å². The van der Waals surface area contributed by atoms with Crippen LogP contribution in [0.4, 0.5) is 17.2 Å². The Morgan fingerprint density at radius 3 is 2.55 bits per heavy atom. The number of carbonyl (C=O) groups is 1. The van der Waals surface area contributed by atoms with Crippen LogP contribution >= 0.6 is 0 Å². The van der Waals surface area contributed by atoms with Gasteiger partial charge in [-0.2, -0.15) is 0 Å². The van der Waals surface area contributed by atoms with Gasteiger partial charge in [0.25, 0.3) is 5.91 Å². The summed E-state index contributed by atoms with van der Waals surface area (Å²) in [6, 6.07) is 11.8. The molecule has 29 heavy (non-hydrogen) atoms. The number of nitrogens with zero attached hydrogens (tertiary/aromatic N) is 4. The standard InChI is InChI=1S/C21H28N6O2/c1-26-10-12-27(13-11-26)17-6-4-16(5-7-17)23-20-9-8-19(24-25-20)21(28)22-15-18-3-2-14-29-18/h4-9,18H,2-3,10-15H2,1H3,(H,22,28)(H,23,25). The van der Waals surface area contributed by atoms with E-state index in [1.165, 1.54) is 5.69 Å². The van der Waals surface area contributed by atoms with Crippen molar-refractivity contribution in [2.75, 3.05) is 56.6 Å². The van der Waals surface area contributed by atoms with E-state index in [1.807, 2.05) is 12.1 Å². The summed E-state index contributed by atoms with van der Waals surface area (Å²) in [7, 11) is 2.16. The lowest BCUT2D eigenvalue weighted by atomic mass is 10.2. The first-order valence-corrected chi connectivity index (χ1v) is 10.2. The molecule has 2 aliphatic heterocycles. The van der Waals surface area contributed by atoms with Crippen LogP contribution in [0.5, 0.6) is 0 Å². The highest BCUT2D eigenvalue weighted by Gasteiger charge is 2.17. The molecule has 2 N–H and O–H groups in total. The van der Waals surface area contributed by atoms with Crippen molar-refractivity contribution in [1.29, 1.82) is 0 Å². The maximum atomic E-state index is 12.2. The molecule has 2 fully saturated rings. The van der Waals surface area contributed by atoms with Gasteiger partial charge < -0.3 is 25.2 Å². The largest absolute Gasteiger partial charge is 0.376 e. The molecular formula is C21H28N6O2. The average molecular weight is 396 g/mol. The van der Waals surface area contributed by atoms with Gasteiger partial charge in [0.05, 0.1) is 6.10 Å². The van der Waals surface area contributed by atoms with E-state index < -0.39 is 0 Å². The van der Waals surface area contributed by atoms with Gasteiger partial charge in [-0.25, -0.2) is 0 Å². The predicted molar refractivity (Wildman–Crippen MR) is 113 cm³/mol. The summed E-state index contributed by atoms with van der Waals surface area (Å²) in [5.74, 6) is 0.379. The molecule has 1 atom stereocenters. The van der Waals surface area contributed by atoms with Crippen LogP contribution in [0.25, 0.3) is 0 Å². The number of ether oxygens (including phenoxy) is 1. The zero-order valence-corrected chi connectivity index (χ0v) is 16.8. The van der Waals surface area contributed by atoms with Gasteiger partial charge in [-0.15, -0.1) is 10.2 Å². The number of nitrogens with one attached hydrogen (secondary N) is 2. The number of likely N-dealkylation sites (N-methyl/N-ethyl adjacent to an activating group) is 1. The number of piperazine rings is 1. The van der Waals surface area contributed by atoms with E-state index >= 15 is 0 Å². The summed E-state index contributed by atoms with van der Waals surface area (Å²) in [5.41, 5.74) is 2.47. The second-order valence-corrected chi connectivity index (χ2v) is 7.61. The topological polar surface area (TPSA) is 82.6 Å². The molecule has 0 aliphatic carbocycles. The number of rotatable bonds is 6. The third-order valence-corrected chi connectivity index (χ3v) is 5.42. The van der Waals surface area contributed by atoms with E-state index in [0.29, 0.717) is 18.1 Å². The molecule has 0 bridgehead atoms. The highest BCUT2D eigenvalue weighted by molar-refractivity contribution is 5.92. The molecule has 2 saturated heterocycles. The number of hydrogen-bond acceptors (Lipinski definition) is 7. The first-order chi connectivity index (χ1) is 14.2. The summed E-state index contributed by atoms with van der Waals surface area (Å²) >= 11 is 0. The predicted octanol–water partition coefficient (Wildman–Crippen LogP) is 1.88. The Hall–Kier alpha value is -2.71. The van der Waals surface area contributed by atoms with Gasteiger partial charge in [-0.3, -0.25) is 4.79 Å². The molecule has 1 aromatic carbocycles. The van der Waals surface area contributed by atoms with Crippen molar-refractivity contribution in [3.05, 3.63) is 42.1 Å². The maximum Gasteiger partial charge on any atom is 0.271 e. The molecular weight excluding hydrogens is 368 g/mol. The zero-order chi connectivity index (χ0) is 20.1. The molecule has 0 radical (unpaired) electrons. The lowest BCUT2D eigenvalue weighted by Gasteiger charge is -2.34. The van der Waals surface area contributed by atoms with Gasteiger partial charge in [0.1, 0.15) is 0 Å². The van der Waals surface area contributed by atoms with Crippen molar-refractivity contribution >= 4 is 23.1 Å². The molecule has 2 aromatic rings. The maximum absolute atomic E-state index is 12.2. The molecule has 8 nitrogen and oxygen atoms in total. The lowest BCUT2D eigenvalue weighted by Crippen LogP contribution is -2.44. The minimum absolute atomic E-state index is 0.113. The monoisotopic (exact) mass is 396 g/mol. The zero-order valence-electron chi connectivity index (χ0n) is 16.8. The summed E-state index contributed by atoms with van der Waals surface area (Å²) in [4.78, 5) is 16.9. The molecule has 0 saturated carbocycles. The molecule has 8 heteroatoms. The number of hydrogen-bond donors (Lipinski definition) is 2. The van der Waals surface area contributed by atoms with Crippen LogP contribution < -0.4 is 15.5 Å². The fourth-order valence-electron chi connectivity index (χ4n) is 3.59. The second kappa shape index (κ2) is 9.19. The van der Waals surface area contributed by atoms with Crippen molar-refractivity contribution in [3.8, 4) is 0 Å². The Morgan fingerprint density at radius 2 is 1.90 bits per heavy atom. The average Bonchev–Trinajstić information content (AvgIpc) is 3.27. The van der Waals surface area contributed by atoms with Crippen LogP contribution in [0.15, 0.2) is 36.4 Å². The fraction of sp³-hybridized carbons (Fsp3) is 0.476. The van der Waals surface area contributed by atoms with Gasteiger partial charge in [-0.05, 0) is 56.3 Å². The van der Waals surface area contributed by atoms with Gasteiger partial charge in [0.15, 0.2) is 11.5 Å². The molecule has 154 valence electrons. The summed E-state index contributed by atoms with van der Waals surface area (Å²) < 4.78 is 5.51. The molecule has 3 heterocycles. The third-order valence-electron chi connectivity index (χ3n) is 5.42. The fourth-order valence-corrected chi connectivity index (χ4v) is 3.59. The molecule has 4 rings (SSSR count). The Labute approximate surface area is 171 Å². The van der Waals surface area contributed by atoms with E-state index in [2.05, 4.69) is 49.8 Å². The van der Waals surface area contributed by atoms with Crippen molar-refractivity contribution in [3.63, 3.8) is 0 Å². The van der Waals surface area contributed by atoms with E-state index in [-0.39, 0.29) is 12.0 Å². The number of benzene rings is 1. The normalized spacial score (nSPS) is 19.9. The van der Waals surface area contributed by atoms with Gasteiger partial charge in [-0.1, -0.05) is 0 Å². The van der Waals surface area contributed by atoms with Crippen molar-refractivity contribution in [1.82, 2.24) is 20.4 Å². The van der Waals surface area contributed by atoms with Crippen LogP contribution in [-0.2, 0) is 4.74 Å². The van der Waals surface area contributed by atoms with E-state index in [1.54, 1.807) is 12.1 Å². The summed E-state index contributed by atoms with van der Waals surface area (Å²) in [6.45, 7) is 5.56. The van der Waals surface area contributed by atoms with Gasteiger partial charge in [0.2, 0.25) is 0 Å².